The molecule has 1 fully saturated rings. The van der Waals surface area contributed by atoms with E-state index in [2.05, 4.69) is 27.5 Å². The van der Waals surface area contributed by atoms with Gasteiger partial charge < -0.3 is 15.5 Å². The van der Waals surface area contributed by atoms with E-state index < -0.39 is 0 Å². The fourth-order valence-corrected chi connectivity index (χ4v) is 3.45. The number of rotatable bonds is 4. The number of carbonyl (C=O) groups is 1. The minimum absolute atomic E-state index is 0.0610. The van der Waals surface area contributed by atoms with Gasteiger partial charge in [0.15, 0.2) is 0 Å². The third-order valence-electron chi connectivity index (χ3n) is 4.84. The van der Waals surface area contributed by atoms with Gasteiger partial charge in [-0.2, -0.15) is 0 Å². The van der Waals surface area contributed by atoms with Gasteiger partial charge in [-0.25, -0.2) is 9.97 Å². The highest BCUT2D eigenvalue weighted by Crippen LogP contribution is 2.22. The van der Waals surface area contributed by atoms with Gasteiger partial charge in [-0.1, -0.05) is 23.7 Å². The number of anilines is 2. The van der Waals surface area contributed by atoms with Crippen molar-refractivity contribution in [1.82, 2.24) is 20.2 Å². The highest BCUT2D eigenvalue weighted by molar-refractivity contribution is 6.30. The van der Waals surface area contributed by atoms with Crippen molar-refractivity contribution in [3.05, 3.63) is 71.4 Å². The molecule has 0 unspecified atom stereocenters. The largest absolute Gasteiger partial charge is 0.336 e. The molecular formula is C22H22ClN5O. The Labute approximate surface area is 174 Å². The molecule has 0 radical (unpaired) electrons. The van der Waals surface area contributed by atoms with Crippen molar-refractivity contribution in [2.45, 2.75) is 13.0 Å². The molecule has 0 bridgehead atoms. The van der Waals surface area contributed by atoms with Crippen LogP contribution >= 0.6 is 11.6 Å². The van der Waals surface area contributed by atoms with Crippen LogP contribution in [0.15, 0.2) is 60.8 Å². The van der Waals surface area contributed by atoms with E-state index in [0.29, 0.717) is 22.6 Å². The van der Waals surface area contributed by atoms with Crippen LogP contribution in [-0.4, -0.2) is 46.5 Å². The summed E-state index contributed by atoms with van der Waals surface area (Å²) in [5, 5.41) is 7.23. The van der Waals surface area contributed by atoms with Gasteiger partial charge in [0.2, 0.25) is 5.95 Å². The van der Waals surface area contributed by atoms with Gasteiger partial charge in [-0.05, 0) is 49.4 Å². The van der Waals surface area contributed by atoms with Crippen LogP contribution < -0.4 is 10.6 Å². The second-order valence-corrected chi connectivity index (χ2v) is 7.52. The minimum Gasteiger partial charge on any atom is -0.336 e. The molecule has 0 spiro atoms. The lowest BCUT2D eigenvalue weighted by molar-refractivity contribution is 0.0709. The van der Waals surface area contributed by atoms with Crippen molar-refractivity contribution in [3.8, 4) is 11.3 Å². The van der Waals surface area contributed by atoms with Crippen LogP contribution in [-0.2, 0) is 0 Å². The average molecular weight is 408 g/mol. The number of carbonyl (C=O) groups excluding carboxylic acids is 1. The van der Waals surface area contributed by atoms with Crippen LogP contribution in [0.3, 0.4) is 0 Å². The van der Waals surface area contributed by atoms with Gasteiger partial charge in [0.1, 0.15) is 0 Å². The zero-order chi connectivity index (χ0) is 20.2. The van der Waals surface area contributed by atoms with Crippen LogP contribution in [0.4, 0.5) is 11.6 Å². The smallest absolute Gasteiger partial charge is 0.253 e. The number of benzene rings is 2. The molecule has 2 N–H and O–H groups in total. The number of hydrogen-bond donors (Lipinski definition) is 2. The second-order valence-electron chi connectivity index (χ2n) is 7.08. The van der Waals surface area contributed by atoms with E-state index in [1.54, 1.807) is 6.20 Å². The first-order valence-electron chi connectivity index (χ1n) is 9.57. The maximum Gasteiger partial charge on any atom is 0.253 e. The summed E-state index contributed by atoms with van der Waals surface area (Å²) < 4.78 is 0. The lowest BCUT2D eigenvalue weighted by atomic mass is 10.1. The Hall–Kier alpha value is -2.96. The van der Waals surface area contributed by atoms with Crippen molar-refractivity contribution < 1.29 is 4.79 Å². The normalized spacial score (nSPS) is 16.5. The third-order valence-corrected chi connectivity index (χ3v) is 5.09. The van der Waals surface area contributed by atoms with E-state index in [0.717, 1.165) is 36.6 Å². The van der Waals surface area contributed by atoms with Crippen molar-refractivity contribution in [3.63, 3.8) is 0 Å². The standard InChI is InChI=1S/C22H22ClN5O/c1-15-14-28(13-12-24-15)21(29)17-4-8-19(9-5-17)26-22-25-11-10-20(27-22)16-2-6-18(23)7-3-16/h2-11,15,24H,12-14H2,1H3,(H,25,26,27)/t15-/m1/s1. The summed E-state index contributed by atoms with van der Waals surface area (Å²) in [5.74, 6) is 0.554. The minimum atomic E-state index is 0.0610. The number of nitrogens with zero attached hydrogens (tertiary/aromatic N) is 3. The Morgan fingerprint density at radius 3 is 2.62 bits per heavy atom. The lowest BCUT2D eigenvalue weighted by Crippen LogP contribution is -2.51. The molecule has 1 saturated heterocycles. The van der Waals surface area contributed by atoms with Gasteiger partial charge in [0.25, 0.3) is 5.91 Å². The highest BCUT2D eigenvalue weighted by Gasteiger charge is 2.21. The fourth-order valence-electron chi connectivity index (χ4n) is 3.32. The van der Waals surface area contributed by atoms with Crippen molar-refractivity contribution in [1.29, 1.82) is 0 Å². The summed E-state index contributed by atoms with van der Waals surface area (Å²) >= 11 is 5.95. The van der Waals surface area contributed by atoms with Gasteiger partial charge in [0.05, 0.1) is 5.69 Å². The third kappa shape index (κ3) is 4.72. The van der Waals surface area contributed by atoms with Crippen LogP contribution in [0.2, 0.25) is 5.02 Å². The van der Waals surface area contributed by atoms with E-state index >= 15 is 0 Å². The molecule has 148 valence electrons. The molecule has 4 rings (SSSR count). The SMILES string of the molecule is C[C@@H]1CN(C(=O)c2ccc(Nc3nccc(-c4ccc(Cl)cc4)n3)cc2)CCN1. The van der Waals surface area contributed by atoms with Crippen LogP contribution in [0.5, 0.6) is 0 Å². The quantitative estimate of drug-likeness (QED) is 0.684. The Morgan fingerprint density at radius 1 is 1.14 bits per heavy atom. The first-order chi connectivity index (χ1) is 14.1. The number of piperazine rings is 1. The van der Waals surface area contributed by atoms with Gasteiger partial charge in [0, 0.05) is 53.7 Å². The van der Waals surface area contributed by atoms with Crippen LogP contribution in [0, 0.1) is 0 Å². The molecule has 2 heterocycles. The van der Waals surface area contributed by atoms with E-state index in [-0.39, 0.29) is 5.91 Å². The van der Waals surface area contributed by atoms with Gasteiger partial charge in [-0.15, -0.1) is 0 Å². The average Bonchev–Trinajstić information content (AvgIpc) is 2.74. The number of amides is 1. The molecule has 1 aliphatic rings. The molecule has 3 aromatic rings. The summed E-state index contributed by atoms with van der Waals surface area (Å²) in [4.78, 5) is 23.4. The summed E-state index contributed by atoms with van der Waals surface area (Å²) in [6.45, 7) is 4.37. The van der Waals surface area contributed by atoms with E-state index in [1.165, 1.54) is 0 Å². The molecule has 7 heteroatoms. The molecule has 1 amide bonds. The first-order valence-corrected chi connectivity index (χ1v) is 9.95. The predicted octanol–water partition coefficient (Wildman–Crippen LogP) is 3.97. The molecule has 1 aliphatic heterocycles. The zero-order valence-corrected chi connectivity index (χ0v) is 16.9. The molecular weight excluding hydrogens is 386 g/mol. The zero-order valence-electron chi connectivity index (χ0n) is 16.1. The monoisotopic (exact) mass is 407 g/mol. The van der Waals surface area contributed by atoms with Crippen molar-refractivity contribution >= 4 is 29.1 Å². The van der Waals surface area contributed by atoms with Gasteiger partial charge >= 0.3 is 0 Å². The van der Waals surface area contributed by atoms with Crippen molar-refractivity contribution in [2.75, 3.05) is 25.0 Å². The van der Waals surface area contributed by atoms with Crippen molar-refractivity contribution in [2.24, 2.45) is 0 Å². The Morgan fingerprint density at radius 2 is 1.90 bits per heavy atom. The first kappa shape index (κ1) is 19.4. The van der Waals surface area contributed by atoms with Crippen LogP contribution in [0.1, 0.15) is 17.3 Å². The Kier molecular flexibility index (Phi) is 5.74. The molecule has 0 saturated carbocycles. The van der Waals surface area contributed by atoms with E-state index in [4.69, 9.17) is 11.6 Å². The molecule has 2 aromatic carbocycles. The summed E-state index contributed by atoms with van der Waals surface area (Å²) in [6.07, 6.45) is 1.71. The van der Waals surface area contributed by atoms with Gasteiger partial charge in [-0.3, -0.25) is 4.79 Å². The Balaban J connectivity index is 1.45. The maximum absolute atomic E-state index is 12.7. The Bertz CT molecular complexity index is 991. The molecule has 29 heavy (non-hydrogen) atoms. The molecule has 0 aliphatic carbocycles. The lowest BCUT2D eigenvalue weighted by Gasteiger charge is -2.32. The number of hydrogen-bond acceptors (Lipinski definition) is 5. The highest BCUT2D eigenvalue weighted by atomic mass is 35.5. The summed E-state index contributed by atoms with van der Waals surface area (Å²) in [5.41, 5.74) is 3.27. The predicted molar refractivity (Wildman–Crippen MR) is 116 cm³/mol. The number of nitrogens with one attached hydrogen (secondary N) is 2. The van der Waals surface area contributed by atoms with E-state index in [1.807, 2.05) is 59.5 Å². The maximum atomic E-state index is 12.7. The van der Waals surface area contributed by atoms with E-state index in [9.17, 15) is 4.79 Å². The molecule has 1 atom stereocenters. The topological polar surface area (TPSA) is 70.2 Å². The molecule has 1 aromatic heterocycles. The number of aromatic nitrogens is 2. The summed E-state index contributed by atoms with van der Waals surface area (Å²) in [6, 6.07) is 17.1. The second kappa shape index (κ2) is 8.59. The number of halogens is 1. The summed E-state index contributed by atoms with van der Waals surface area (Å²) in [7, 11) is 0. The fraction of sp³-hybridized carbons (Fsp3) is 0.227. The molecule has 6 nitrogen and oxygen atoms in total. The van der Waals surface area contributed by atoms with Crippen LogP contribution in [0.25, 0.3) is 11.3 Å².